The molecule has 0 bridgehead atoms. The van der Waals surface area contributed by atoms with Crippen molar-refractivity contribution >= 4 is 0 Å². The third-order valence-corrected chi connectivity index (χ3v) is 3.31. The molecule has 2 N–H and O–H groups in total. The van der Waals surface area contributed by atoms with Crippen molar-refractivity contribution < 1.29 is 0 Å². The molecule has 0 saturated heterocycles. The predicted octanol–water partition coefficient (Wildman–Crippen LogP) is 2.94. The Morgan fingerprint density at radius 1 is 1.08 bits per heavy atom. The monoisotopic (exact) mass is 169 g/mol. The van der Waals surface area contributed by atoms with Crippen LogP contribution in [-0.4, -0.2) is 5.54 Å². The van der Waals surface area contributed by atoms with Crippen molar-refractivity contribution in [3.05, 3.63) is 0 Å². The summed E-state index contributed by atoms with van der Waals surface area (Å²) in [5.74, 6) is 1.68. The molecule has 1 aliphatic rings. The molecular formula is C11H23N. The van der Waals surface area contributed by atoms with Gasteiger partial charge in [-0.05, 0) is 38.5 Å². The minimum atomic E-state index is 0.0457. The highest BCUT2D eigenvalue weighted by molar-refractivity contribution is 4.84. The first kappa shape index (κ1) is 10.0. The minimum Gasteiger partial charge on any atom is -0.325 e. The maximum Gasteiger partial charge on any atom is 0.0125 e. The quantitative estimate of drug-likeness (QED) is 0.600. The van der Waals surface area contributed by atoms with Crippen molar-refractivity contribution in [1.29, 1.82) is 0 Å². The lowest BCUT2D eigenvalue weighted by atomic mass is 9.83. The van der Waals surface area contributed by atoms with Gasteiger partial charge in [-0.2, -0.15) is 0 Å². The second kappa shape index (κ2) is 3.78. The van der Waals surface area contributed by atoms with Crippen molar-refractivity contribution in [2.75, 3.05) is 0 Å². The second-order valence-electron chi connectivity index (χ2n) is 5.13. The van der Waals surface area contributed by atoms with E-state index in [1.54, 1.807) is 0 Å². The van der Waals surface area contributed by atoms with Crippen LogP contribution >= 0.6 is 0 Å². The van der Waals surface area contributed by atoms with E-state index in [0.29, 0.717) is 0 Å². The molecule has 0 amide bonds. The average molecular weight is 169 g/mol. The van der Waals surface area contributed by atoms with Gasteiger partial charge in [0.15, 0.2) is 0 Å². The van der Waals surface area contributed by atoms with Gasteiger partial charge in [-0.25, -0.2) is 0 Å². The Kier molecular flexibility index (Phi) is 3.16. The molecule has 1 nitrogen and oxygen atoms in total. The van der Waals surface area contributed by atoms with E-state index in [2.05, 4.69) is 20.8 Å². The van der Waals surface area contributed by atoms with E-state index in [9.17, 15) is 0 Å². The van der Waals surface area contributed by atoms with Gasteiger partial charge in [0.25, 0.3) is 0 Å². The molecule has 0 aromatic carbocycles. The van der Waals surface area contributed by atoms with E-state index >= 15 is 0 Å². The van der Waals surface area contributed by atoms with Crippen LogP contribution in [0.3, 0.4) is 0 Å². The lowest BCUT2D eigenvalue weighted by Crippen LogP contribution is -2.40. The van der Waals surface area contributed by atoms with E-state index < -0.39 is 0 Å². The summed E-state index contributed by atoms with van der Waals surface area (Å²) in [7, 11) is 0. The average Bonchev–Trinajstić information content (AvgIpc) is 2.11. The molecule has 0 heterocycles. The molecule has 2 atom stereocenters. The van der Waals surface area contributed by atoms with E-state index in [4.69, 9.17) is 5.73 Å². The lowest BCUT2D eigenvalue weighted by molar-refractivity contribution is 0.285. The summed E-state index contributed by atoms with van der Waals surface area (Å²) in [6, 6.07) is 0. The van der Waals surface area contributed by atoms with Gasteiger partial charge in [-0.3, -0.25) is 0 Å². The summed E-state index contributed by atoms with van der Waals surface area (Å²) in [5.41, 5.74) is 6.17. The molecular weight excluding hydrogens is 146 g/mol. The van der Waals surface area contributed by atoms with Gasteiger partial charge in [-0.15, -0.1) is 0 Å². The number of hydrogen-bond acceptors (Lipinski definition) is 1. The molecule has 2 unspecified atom stereocenters. The first-order valence-electron chi connectivity index (χ1n) is 5.29. The number of nitrogens with two attached hydrogens (primary N) is 1. The van der Waals surface area contributed by atoms with E-state index in [-0.39, 0.29) is 5.54 Å². The molecule has 0 aliphatic heterocycles. The Labute approximate surface area is 76.7 Å². The SMILES string of the molecule is CC1CCCC(C(C)(C)N)CC1. The van der Waals surface area contributed by atoms with Gasteiger partial charge in [0.05, 0.1) is 0 Å². The number of hydrogen-bond donors (Lipinski definition) is 1. The van der Waals surface area contributed by atoms with Crippen LogP contribution in [0.5, 0.6) is 0 Å². The van der Waals surface area contributed by atoms with E-state index in [1.807, 2.05) is 0 Å². The normalized spacial score (nSPS) is 33.0. The van der Waals surface area contributed by atoms with Crippen molar-refractivity contribution in [3.63, 3.8) is 0 Å². The van der Waals surface area contributed by atoms with Crippen molar-refractivity contribution in [2.24, 2.45) is 17.6 Å². The van der Waals surface area contributed by atoms with Crippen LogP contribution in [0.2, 0.25) is 0 Å². The molecule has 1 rings (SSSR count). The van der Waals surface area contributed by atoms with Gasteiger partial charge >= 0.3 is 0 Å². The predicted molar refractivity (Wildman–Crippen MR) is 54.0 cm³/mol. The summed E-state index contributed by atoms with van der Waals surface area (Å²) in [6.45, 7) is 6.72. The van der Waals surface area contributed by atoms with Crippen LogP contribution in [0, 0.1) is 11.8 Å². The second-order valence-corrected chi connectivity index (χ2v) is 5.13. The van der Waals surface area contributed by atoms with E-state index in [1.165, 1.54) is 32.1 Å². The Balaban J connectivity index is 2.46. The summed E-state index contributed by atoms with van der Waals surface area (Å²) in [5, 5.41) is 0. The molecule has 1 heteroatoms. The summed E-state index contributed by atoms with van der Waals surface area (Å²) in [4.78, 5) is 0. The Bertz CT molecular complexity index is 134. The summed E-state index contributed by atoms with van der Waals surface area (Å²) >= 11 is 0. The molecule has 0 spiro atoms. The summed E-state index contributed by atoms with van der Waals surface area (Å²) < 4.78 is 0. The molecule has 12 heavy (non-hydrogen) atoms. The Morgan fingerprint density at radius 2 is 1.75 bits per heavy atom. The van der Waals surface area contributed by atoms with Gasteiger partial charge < -0.3 is 5.73 Å². The highest BCUT2D eigenvalue weighted by Gasteiger charge is 2.26. The van der Waals surface area contributed by atoms with Crippen molar-refractivity contribution in [3.8, 4) is 0 Å². The Hall–Kier alpha value is -0.0400. The van der Waals surface area contributed by atoms with Gasteiger partial charge in [0.1, 0.15) is 0 Å². The third kappa shape index (κ3) is 2.78. The molecule has 1 saturated carbocycles. The minimum absolute atomic E-state index is 0.0457. The maximum atomic E-state index is 6.13. The third-order valence-electron chi connectivity index (χ3n) is 3.31. The van der Waals surface area contributed by atoms with E-state index in [0.717, 1.165) is 11.8 Å². The van der Waals surface area contributed by atoms with Gasteiger partial charge in [0.2, 0.25) is 0 Å². The molecule has 0 radical (unpaired) electrons. The zero-order valence-electron chi connectivity index (χ0n) is 8.77. The smallest absolute Gasteiger partial charge is 0.0125 e. The van der Waals surface area contributed by atoms with Crippen molar-refractivity contribution in [2.45, 2.75) is 58.4 Å². The van der Waals surface area contributed by atoms with Crippen LogP contribution < -0.4 is 5.73 Å². The largest absolute Gasteiger partial charge is 0.325 e. The molecule has 0 aromatic heterocycles. The zero-order chi connectivity index (χ0) is 9.19. The zero-order valence-corrected chi connectivity index (χ0v) is 8.77. The number of rotatable bonds is 1. The highest BCUT2D eigenvalue weighted by Crippen LogP contribution is 2.32. The first-order chi connectivity index (χ1) is 5.50. The van der Waals surface area contributed by atoms with Crippen LogP contribution in [0.15, 0.2) is 0 Å². The highest BCUT2D eigenvalue weighted by atomic mass is 14.7. The topological polar surface area (TPSA) is 26.0 Å². The van der Waals surface area contributed by atoms with Crippen LogP contribution in [0.4, 0.5) is 0 Å². The first-order valence-corrected chi connectivity index (χ1v) is 5.29. The molecule has 72 valence electrons. The van der Waals surface area contributed by atoms with Crippen LogP contribution in [0.25, 0.3) is 0 Å². The fourth-order valence-corrected chi connectivity index (χ4v) is 2.23. The maximum absolute atomic E-state index is 6.13. The van der Waals surface area contributed by atoms with Gasteiger partial charge in [-0.1, -0.05) is 26.2 Å². The summed E-state index contributed by atoms with van der Waals surface area (Å²) in [6.07, 6.45) is 6.85. The molecule has 0 aromatic rings. The van der Waals surface area contributed by atoms with Gasteiger partial charge in [0, 0.05) is 5.54 Å². The fourth-order valence-electron chi connectivity index (χ4n) is 2.23. The van der Waals surface area contributed by atoms with Crippen LogP contribution in [0.1, 0.15) is 52.9 Å². The standard InChI is InChI=1S/C11H23N/c1-9-5-4-6-10(8-7-9)11(2,3)12/h9-10H,4-8,12H2,1-3H3. The van der Waals surface area contributed by atoms with Crippen molar-refractivity contribution in [1.82, 2.24) is 0 Å². The van der Waals surface area contributed by atoms with Crippen LogP contribution in [-0.2, 0) is 0 Å². The molecule has 1 aliphatic carbocycles. The fraction of sp³-hybridized carbons (Fsp3) is 1.00. The lowest BCUT2D eigenvalue weighted by Gasteiger charge is -2.29. The molecule has 1 fully saturated rings. The Morgan fingerprint density at radius 3 is 2.33 bits per heavy atom.